The number of alkyl carbamates (subject to hydrolysis) is 1. The fourth-order valence-corrected chi connectivity index (χ4v) is 4.86. The Morgan fingerprint density at radius 1 is 0.765 bits per heavy atom. The van der Waals surface area contributed by atoms with Crippen LogP contribution in [0.5, 0.6) is 0 Å². The number of fused-ring (bicyclic) bond motifs is 2. The monoisotopic (exact) mass is 457 g/mol. The van der Waals surface area contributed by atoms with Gasteiger partial charge in [0, 0.05) is 5.54 Å². The van der Waals surface area contributed by atoms with E-state index in [0.717, 1.165) is 18.4 Å². The molecule has 2 aliphatic carbocycles. The number of carbonyl (C=O) groups excluding carboxylic acids is 1. The number of hydrogen-bond donors (Lipinski definition) is 2. The number of carboxylic acids is 1. The summed E-state index contributed by atoms with van der Waals surface area (Å²) >= 11 is 0. The van der Waals surface area contributed by atoms with Crippen molar-refractivity contribution < 1.29 is 19.4 Å². The zero-order valence-corrected chi connectivity index (χ0v) is 19.7. The second-order valence-electron chi connectivity index (χ2n) is 9.86. The van der Waals surface area contributed by atoms with Gasteiger partial charge in [0.15, 0.2) is 0 Å². The molecular weight excluding hydrogens is 426 g/mol. The number of nitrogens with one attached hydrogen (secondary N) is 1. The van der Waals surface area contributed by atoms with Crippen LogP contribution in [0.3, 0.4) is 0 Å². The molecule has 1 amide bonds. The number of aliphatic carboxylic acids is 1. The molecule has 5 heteroatoms. The first-order valence-electron chi connectivity index (χ1n) is 11.6. The van der Waals surface area contributed by atoms with Crippen molar-refractivity contribution in [1.82, 2.24) is 5.32 Å². The van der Waals surface area contributed by atoms with Crippen LogP contribution < -0.4 is 5.32 Å². The van der Waals surface area contributed by atoms with Crippen molar-refractivity contribution in [2.24, 2.45) is 5.41 Å². The third kappa shape index (κ3) is 5.48. The quantitative estimate of drug-likeness (QED) is 0.554. The molecule has 0 saturated heterocycles. The molecule has 176 valence electrons. The summed E-state index contributed by atoms with van der Waals surface area (Å²) in [4.78, 5) is 23.0. The summed E-state index contributed by atoms with van der Waals surface area (Å²) in [6.07, 6.45) is 2.68. The molecule has 0 unspecified atom stereocenters. The van der Waals surface area contributed by atoms with Gasteiger partial charge < -0.3 is 15.2 Å². The molecule has 3 aromatic rings. The summed E-state index contributed by atoms with van der Waals surface area (Å²) in [6.45, 7) is 4.18. The zero-order valence-electron chi connectivity index (χ0n) is 19.7. The van der Waals surface area contributed by atoms with E-state index < -0.39 is 11.4 Å². The first kappa shape index (κ1) is 23.6. The van der Waals surface area contributed by atoms with E-state index >= 15 is 0 Å². The Kier molecular flexibility index (Phi) is 6.73. The van der Waals surface area contributed by atoms with Crippen molar-refractivity contribution in [3.8, 4) is 0 Å². The first-order valence-corrected chi connectivity index (χ1v) is 11.6. The minimum Gasteiger partial charge on any atom is -0.481 e. The molecule has 0 spiro atoms. The maximum absolute atomic E-state index is 12.0. The average Bonchev–Trinajstić information content (AvgIpc) is 3.35. The maximum atomic E-state index is 12.0. The standard InChI is InChI=1S/C18H19NO2.C11H12O2/c1-18(11-15-9-5-6-10-16(15)12-18)19-17(20)21-13-14-7-3-2-4-8-14;1-11(10(12)13)6-8-4-2-3-5-9(8)7-11/h2-10H,11-13H2,1H3,(H,19,20);2-5H,6-7H2,1H3,(H,12,13). The summed E-state index contributed by atoms with van der Waals surface area (Å²) in [5, 5.41) is 12.1. The van der Waals surface area contributed by atoms with Gasteiger partial charge in [-0.15, -0.1) is 0 Å². The normalized spacial score (nSPS) is 16.4. The number of rotatable bonds is 4. The number of amides is 1. The lowest BCUT2D eigenvalue weighted by atomic mass is 9.88. The van der Waals surface area contributed by atoms with Crippen LogP contribution in [0.4, 0.5) is 4.79 Å². The molecule has 0 aromatic heterocycles. The van der Waals surface area contributed by atoms with E-state index in [1.807, 2.05) is 73.7 Å². The van der Waals surface area contributed by atoms with Crippen LogP contribution in [0.25, 0.3) is 0 Å². The van der Waals surface area contributed by atoms with Gasteiger partial charge in [-0.1, -0.05) is 78.9 Å². The van der Waals surface area contributed by atoms with Gasteiger partial charge in [0.25, 0.3) is 0 Å². The first-order chi connectivity index (χ1) is 16.3. The fraction of sp³-hybridized carbons (Fsp3) is 0.310. The second-order valence-corrected chi connectivity index (χ2v) is 9.86. The molecule has 0 fully saturated rings. The minimum atomic E-state index is -0.691. The molecule has 0 atom stereocenters. The van der Waals surface area contributed by atoms with Gasteiger partial charge in [0.05, 0.1) is 5.41 Å². The molecule has 0 heterocycles. The second kappa shape index (κ2) is 9.72. The Balaban J connectivity index is 0.000000180. The van der Waals surface area contributed by atoms with Gasteiger partial charge in [-0.25, -0.2) is 4.79 Å². The number of benzene rings is 3. The highest BCUT2D eigenvalue weighted by Crippen LogP contribution is 2.36. The van der Waals surface area contributed by atoms with Gasteiger partial charge in [-0.3, -0.25) is 4.79 Å². The topological polar surface area (TPSA) is 75.6 Å². The molecular formula is C29H31NO4. The molecule has 5 rings (SSSR count). The van der Waals surface area contributed by atoms with E-state index in [2.05, 4.69) is 24.4 Å². The number of hydrogen-bond acceptors (Lipinski definition) is 3. The van der Waals surface area contributed by atoms with Crippen molar-refractivity contribution in [3.05, 3.63) is 107 Å². The highest BCUT2D eigenvalue weighted by atomic mass is 16.5. The third-order valence-corrected chi connectivity index (χ3v) is 6.69. The summed E-state index contributed by atoms with van der Waals surface area (Å²) in [5.41, 5.74) is 5.15. The van der Waals surface area contributed by atoms with E-state index in [4.69, 9.17) is 9.84 Å². The van der Waals surface area contributed by atoms with Crippen LogP contribution in [-0.4, -0.2) is 22.7 Å². The number of carboxylic acid groups (broad SMARTS) is 1. The number of carbonyl (C=O) groups is 2. The molecule has 0 radical (unpaired) electrons. The van der Waals surface area contributed by atoms with Crippen LogP contribution in [0.2, 0.25) is 0 Å². The van der Waals surface area contributed by atoms with Gasteiger partial charge in [0.2, 0.25) is 0 Å². The Labute approximate surface area is 200 Å². The minimum absolute atomic E-state index is 0.253. The molecule has 3 aromatic carbocycles. The Bertz CT molecular complexity index is 1120. The maximum Gasteiger partial charge on any atom is 0.407 e. The van der Waals surface area contributed by atoms with E-state index in [0.29, 0.717) is 19.4 Å². The van der Waals surface area contributed by atoms with Crippen molar-refractivity contribution in [2.45, 2.75) is 51.7 Å². The van der Waals surface area contributed by atoms with Crippen LogP contribution in [0.1, 0.15) is 41.7 Å². The van der Waals surface area contributed by atoms with Crippen molar-refractivity contribution in [3.63, 3.8) is 0 Å². The van der Waals surface area contributed by atoms with Crippen LogP contribution >= 0.6 is 0 Å². The lowest BCUT2D eigenvalue weighted by molar-refractivity contribution is -0.147. The van der Waals surface area contributed by atoms with E-state index in [1.54, 1.807) is 0 Å². The highest BCUT2D eigenvalue weighted by Gasteiger charge is 2.39. The molecule has 0 aliphatic heterocycles. The summed E-state index contributed by atoms with van der Waals surface area (Å²) in [5.74, 6) is -0.691. The van der Waals surface area contributed by atoms with Gasteiger partial charge in [-0.2, -0.15) is 0 Å². The van der Waals surface area contributed by atoms with Gasteiger partial charge in [0.1, 0.15) is 6.61 Å². The Morgan fingerprint density at radius 2 is 1.21 bits per heavy atom. The molecule has 34 heavy (non-hydrogen) atoms. The van der Waals surface area contributed by atoms with E-state index in [1.165, 1.54) is 22.3 Å². The smallest absolute Gasteiger partial charge is 0.407 e. The Hall–Kier alpha value is -3.60. The van der Waals surface area contributed by atoms with Crippen molar-refractivity contribution in [2.75, 3.05) is 0 Å². The van der Waals surface area contributed by atoms with Crippen LogP contribution in [0.15, 0.2) is 78.9 Å². The Morgan fingerprint density at radius 3 is 1.68 bits per heavy atom. The largest absolute Gasteiger partial charge is 0.481 e. The summed E-state index contributed by atoms with van der Waals surface area (Å²) < 4.78 is 5.30. The highest BCUT2D eigenvalue weighted by molar-refractivity contribution is 5.76. The van der Waals surface area contributed by atoms with Crippen molar-refractivity contribution >= 4 is 12.1 Å². The van der Waals surface area contributed by atoms with Crippen molar-refractivity contribution in [1.29, 1.82) is 0 Å². The third-order valence-electron chi connectivity index (χ3n) is 6.69. The summed E-state index contributed by atoms with van der Waals surface area (Å²) in [7, 11) is 0. The average molecular weight is 458 g/mol. The van der Waals surface area contributed by atoms with E-state index in [9.17, 15) is 9.59 Å². The predicted octanol–water partition coefficient (Wildman–Crippen LogP) is 5.35. The number of ether oxygens (including phenoxy) is 1. The van der Waals surface area contributed by atoms with Crippen LogP contribution in [-0.2, 0) is 41.8 Å². The lowest BCUT2D eigenvalue weighted by Gasteiger charge is -2.24. The summed E-state index contributed by atoms with van der Waals surface area (Å²) in [6, 6.07) is 26.0. The molecule has 0 bridgehead atoms. The van der Waals surface area contributed by atoms with Crippen LogP contribution in [0, 0.1) is 5.41 Å². The fourth-order valence-electron chi connectivity index (χ4n) is 4.86. The molecule has 2 aliphatic rings. The van der Waals surface area contributed by atoms with Gasteiger partial charge >= 0.3 is 12.1 Å². The SMILES string of the molecule is CC1(C(=O)O)Cc2ccccc2C1.CC1(NC(=O)OCc2ccccc2)Cc2ccccc2C1. The molecule has 2 N–H and O–H groups in total. The molecule has 0 saturated carbocycles. The predicted molar refractivity (Wildman–Crippen MR) is 132 cm³/mol. The molecule has 5 nitrogen and oxygen atoms in total. The van der Waals surface area contributed by atoms with Gasteiger partial charge in [-0.05, 0) is 67.3 Å². The zero-order chi connectivity index (χ0) is 24.2. The lowest BCUT2D eigenvalue weighted by Crippen LogP contribution is -2.46. The van der Waals surface area contributed by atoms with E-state index in [-0.39, 0.29) is 11.6 Å².